The van der Waals surface area contributed by atoms with Crippen LogP contribution in [0.2, 0.25) is 0 Å². The van der Waals surface area contributed by atoms with Gasteiger partial charge in [0.05, 0.1) is 51.1 Å². The lowest BCUT2D eigenvalue weighted by Gasteiger charge is -2.16. The number of fused-ring (bicyclic) bond motifs is 1. The molecule has 0 aliphatic heterocycles. The quantitative estimate of drug-likeness (QED) is 0.406. The van der Waals surface area contributed by atoms with Crippen LogP contribution in [0, 0.1) is 0 Å². The number of aliphatic hydroxyl groups is 1. The first kappa shape index (κ1) is 21.9. The normalized spacial score (nSPS) is 12.1. The fraction of sp³-hybridized carbons (Fsp3) is 0.269. The van der Waals surface area contributed by atoms with Gasteiger partial charge in [0.2, 0.25) is 0 Å². The van der Waals surface area contributed by atoms with Gasteiger partial charge in [-0.3, -0.25) is 0 Å². The van der Waals surface area contributed by atoms with E-state index in [1.807, 2.05) is 72.8 Å². The molecule has 1 heterocycles. The zero-order valence-corrected chi connectivity index (χ0v) is 18.4. The molecule has 0 aliphatic carbocycles. The van der Waals surface area contributed by atoms with Gasteiger partial charge in [0, 0.05) is 6.42 Å². The van der Waals surface area contributed by atoms with Gasteiger partial charge < -0.3 is 23.9 Å². The van der Waals surface area contributed by atoms with Crippen LogP contribution in [0.15, 0.2) is 72.8 Å². The lowest BCUT2D eigenvalue weighted by Crippen LogP contribution is -2.23. The Morgan fingerprint density at radius 3 is 2.41 bits per heavy atom. The van der Waals surface area contributed by atoms with Crippen LogP contribution in [-0.4, -0.2) is 41.6 Å². The van der Waals surface area contributed by atoms with Crippen molar-refractivity contribution in [1.82, 2.24) is 9.55 Å². The largest absolute Gasteiger partial charge is 0.493 e. The average molecular weight is 433 g/mol. The zero-order chi connectivity index (χ0) is 22.3. The first-order valence-corrected chi connectivity index (χ1v) is 10.6. The molecule has 1 atom stereocenters. The van der Waals surface area contributed by atoms with Gasteiger partial charge in [0.1, 0.15) is 5.82 Å². The van der Waals surface area contributed by atoms with Gasteiger partial charge >= 0.3 is 0 Å². The van der Waals surface area contributed by atoms with E-state index in [2.05, 4.69) is 4.57 Å². The number of para-hydroxylation sites is 2. The van der Waals surface area contributed by atoms with Crippen LogP contribution in [0.5, 0.6) is 11.5 Å². The minimum Gasteiger partial charge on any atom is -0.493 e. The Labute approximate surface area is 188 Å². The first-order valence-electron chi connectivity index (χ1n) is 10.6. The summed E-state index contributed by atoms with van der Waals surface area (Å²) in [6.45, 7) is 1.12. The van der Waals surface area contributed by atoms with E-state index < -0.39 is 6.10 Å². The van der Waals surface area contributed by atoms with Crippen molar-refractivity contribution < 1.29 is 19.3 Å². The maximum atomic E-state index is 10.7. The van der Waals surface area contributed by atoms with E-state index in [1.54, 1.807) is 14.2 Å². The highest BCUT2D eigenvalue weighted by Crippen LogP contribution is 2.29. The third kappa shape index (κ3) is 5.10. The number of hydrogen-bond donors (Lipinski definition) is 1. The molecule has 4 rings (SSSR count). The zero-order valence-electron chi connectivity index (χ0n) is 18.4. The molecule has 0 saturated heterocycles. The third-order valence-corrected chi connectivity index (χ3v) is 5.36. The molecule has 32 heavy (non-hydrogen) atoms. The molecular formula is C26H28N2O4. The molecule has 166 valence electrons. The predicted octanol–water partition coefficient (Wildman–Crippen LogP) is 4.22. The Kier molecular flexibility index (Phi) is 7.04. The summed E-state index contributed by atoms with van der Waals surface area (Å²) in [5, 5.41) is 10.7. The molecule has 6 heteroatoms. The van der Waals surface area contributed by atoms with E-state index >= 15 is 0 Å². The van der Waals surface area contributed by atoms with Gasteiger partial charge in [-0.1, -0.05) is 48.5 Å². The molecule has 0 spiro atoms. The monoisotopic (exact) mass is 432 g/mol. The topological polar surface area (TPSA) is 65.7 Å². The molecule has 4 aromatic rings. The van der Waals surface area contributed by atoms with E-state index in [4.69, 9.17) is 19.2 Å². The van der Waals surface area contributed by atoms with Crippen LogP contribution < -0.4 is 9.47 Å². The summed E-state index contributed by atoms with van der Waals surface area (Å²) in [5.41, 5.74) is 4.03. The molecule has 1 N–H and O–H groups in total. The van der Waals surface area contributed by atoms with Crippen molar-refractivity contribution in [2.75, 3.05) is 20.8 Å². The summed E-state index contributed by atoms with van der Waals surface area (Å²) in [7, 11) is 3.25. The fourth-order valence-corrected chi connectivity index (χ4v) is 3.79. The summed E-state index contributed by atoms with van der Waals surface area (Å²) in [4.78, 5) is 4.83. The summed E-state index contributed by atoms with van der Waals surface area (Å²) >= 11 is 0. The summed E-state index contributed by atoms with van der Waals surface area (Å²) < 4.78 is 18.6. The highest BCUT2D eigenvalue weighted by molar-refractivity contribution is 5.76. The molecule has 1 aromatic heterocycles. The van der Waals surface area contributed by atoms with E-state index in [0.29, 0.717) is 31.1 Å². The fourth-order valence-electron chi connectivity index (χ4n) is 3.79. The summed E-state index contributed by atoms with van der Waals surface area (Å²) in [6, 6.07) is 23.8. The SMILES string of the molecule is COc1ccc(Cc2nc3ccccc3n2CC(O)COCc2ccccc2)cc1OC. The number of nitrogens with zero attached hydrogens (tertiary/aromatic N) is 2. The van der Waals surface area contributed by atoms with Gasteiger partial charge in [-0.2, -0.15) is 0 Å². The van der Waals surface area contributed by atoms with Crippen LogP contribution in [0.4, 0.5) is 0 Å². The molecule has 0 amide bonds. The predicted molar refractivity (Wildman–Crippen MR) is 124 cm³/mol. The van der Waals surface area contributed by atoms with E-state index in [9.17, 15) is 5.11 Å². The van der Waals surface area contributed by atoms with Gasteiger partial charge in [-0.05, 0) is 35.4 Å². The third-order valence-electron chi connectivity index (χ3n) is 5.36. The Bertz CT molecular complexity index is 1160. The molecule has 0 aliphatic rings. The van der Waals surface area contributed by atoms with Crippen molar-refractivity contribution in [3.05, 3.63) is 89.7 Å². The van der Waals surface area contributed by atoms with E-state index in [-0.39, 0.29) is 6.61 Å². The number of hydrogen-bond acceptors (Lipinski definition) is 5. The number of rotatable bonds is 10. The number of aromatic nitrogens is 2. The standard InChI is InChI=1S/C26H28N2O4/c1-30-24-13-12-20(14-25(24)31-2)15-26-27-22-10-6-7-11-23(22)28(26)16-21(29)18-32-17-19-8-4-3-5-9-19/h3-14,21,29H,15-18H2,1-2H3. The van der Waals surface area contributed by atoms with Crippen LogP contribution >= 0.6 is 0 Å². The van der Waals surface area contributed by atoms with E-state index in [1.165, 1.54) is 0 Å². The lowest BCUT2D eigenvalue weighted by molar-refractivity contribution is 0.0205. The van der Waals surface area contributed by atoms with Crippen LogP contribution in [0.3, 0.4) is 0 Å². The second-order valence-corrected chi connectivity index (χ2v) is 7.65. The number of methoxy groups -OCH3 is 2. The molecule has 0 bridgehead atoms. The van der Waals surface area contributed by atoms with Gasteiger partial charge in [-0.15, -0.1) is 0 Å². The van der Waals surface area contributed by atoms with Crippen LogP contribution in [0.25, 0.3) is 11.0 Å². The number of imidazole rings is 1. The summed E-state index contributed by atoms with van der Waals surface area (Å²) in [5.74, 6) is 2.25. The Morgan fingerprint density at radius 2 is 1.62 bits per heavy atom. The average Bonchev–Trinajstić information content (AvgIpc) is 3.16. The minimum absolute atomic E-state index is 0.247. The summed E-state index contributed by atoms with van der Waals surface area (Å²) in [6.07, 6.45) is -0.0485. The van der Waals surface area contributed by atoms with Crippen molar-refractivity contribution >= 4 is 11.0 Å². The first-order chi connectivity index (χ1) is 15.7. The van der Waals surface area contributed by atoms with Crippen LogP contribution in [0.1, 0.15) is 17.0 Å². The Balaban J connectivity index is 1.51. The number of aliphatic hydroxyl groups excluding tert-OH is 1. The van der Waals surface area contributed by atoms with Crippen molar-refractivity contribution in [2.24, 2.45) is 0 Å². The highest BCUT2D eigenvalue weighted by atomic mass is 16.5. The molecule has 0 radical (unpaired) electrons. The van der Waals surface area contributed by atoms with E-state index in [0.717, 1.165) is 28.0 Å². The van der Waals surface area contributed by atoms with Gasteiger partial charge in [0.15, 0.2) is 11.5 Å². The van der Waals surface area contributed by atoms with Crippen molar-refractivity contribution in [3.63, 3.8) is 0 Å². The number of ether oxygens (including phenoxy) is 3. The molecule has 1 unspecified atom stereocenters. The molecule has 6 nitrogen and oxygen atoms in total. The Hall–Kier alpha value is -3.35. The molecular weight excluding hydrogens is 404 g/mol. The molecule has 3 aromatic carbocycles. The molecule has 0 saturated carbocycles. The number of benzene rings is 3. The Morgan fingerprint density at radius 1 is 0.875 bits per heavy atom. The van der Waals surface area contributed by atoms with Crippen molar-refractivity contribution in [2.45, 2.75) is 25.7 Å². The molecule has 0 fully saturated rings. The highest BCUT2D eigenvalue weighted by Gasteiger charge is 2.16. The lowest BCUT2D eigenvalue weighted by atomic mass is 10.1. The van der Waals surface area contributed by atoms with Crippen molar-refractivity contribution in [3.8, 4) is 11.5 Å². The van der Waals surface area contributed by atoms with Crippen LogP contribution in [-0.2, 0) is 24.3 Å². The maximum Gasteiger partial charge on any atom is 0.161 e. The maximum absolute atomic E-state index is 10.7. The van der Waals surface area contributed by atoms with Gasteiger partial charge in [-0.25, -0.2) is 4.98 Å². The minimum atomic E-state index is -0.652. The van der Waals surface area contributed by atoms with Crippen molar-refractivity contribution in [1.29, 1.82) is 0 Å². The smallest absolute Gasteiger partial charge is 0.161 e. The second kappa shape index (κ2) is 10.3. The second-order valence-electron chi connectivity index (χ2n) is 7.65. The van der Waals surface area contributed by atoms with Gasteiger partial charge in [0.25, 0.3) is 0 Å².